The van der Waals surface area contributed by atoms with E-state index in [1.165, 1.54) is 0 Å². The Balaban J connectivity index is 2.32. The maximum atomic E-state index is 11.7. The van der Waals surface area contributed by atoms with E-state index in [0.29, 0.717) is 19.7 Å². The molecule has 0 aliphatic carbocycles. The summed E-state index contributed by atoms with van der Waals surface area (Å²) in [6, 6.07) is 7.52. The highest BCUT2D eigenvalue weighted by Gasteiger charge is 2.10. The van der Waals surface area contributed by atoms with E-state index >= 15 is 0 Å². The first kappa shape index (κ1) is 15.5. The molecule has 0 radical (unpaired) electrons. The van der Waals surface area contributed by atoms with Gasteiger partial charge in [0.05, 0.1) is 19.8 Å². The molecule has 1 unspecified atom stereocenters. The Morgan fingerprint density at radius 3 is 2.53 bits per heavy atom. The van der Waals surface area contributed by atoms with Gasteiger partial charge in [-0.25, -0.2) is 0 Å². The topological polar surface area (TPSA) is 59.6 Å². The number of nitrogens with one attached hydrogen (secondary N) is 2. The quantitative estimate of drug-likeness (QED) is 0.687. The van der Waals surface area contributed by atoms with Crippen molar-refractivity contribution in [3.63, 3.8) is 0 Å². The van der Waals surface area contributed by atoms with Crippen molar-refractivity contribution in [3.8, 4) is 5.75 Å². The highest BCUT2D eigenvalue weighted by Crippen LogP contribution is 2.10. The third kappa shape index (κ3) is 5.72. The number of amides is 1. The standard InChI is InChI=1S/C14H22N2O3/c1-11(14(17)15-8-9-18-2)16-10-12-4-6-13(19-3)7-5-12/h4-7,11,16H,8-10H2,1-3H3,(H,15,17). The molecule has 1 aromatic rings. The van der Waals surface area contributed by atoms with Crippen molar-refractivity contribution in [2.24, 2.45) is 0 Å². The summed E-state index contributed by atoms with van der Waals surface area (Å²) in [5.74, 6) is 0.805. The zero-order valence-corrected chi connectivity index (χ0v) is 11.7. The van der Waals surface area contributed by atoms with Gasteiger partial charge in [0.25, 0.3) is 0 Å². The van der Waals surface area contributed by atoms with Gasteiger partial charge in [0.2, 0.25) is 5.91 Å². The van der Waals surface area contributed by atoms with Crippen LogP contribution in [0.4, 0.5) is 0 Å². The second-order valence-corrected chi connectivity index (χ2v) is 4.23. The fraction of sp³-hybridized carbons (Fsp3) is 0.500. The van der Waals surface area contributed by atoms with Crippen LogP contribution in [-0.4, -0.2) is 39.3 Å². The molecule has 0 saturated carbocycles. The zero-order chi connectivity index (χ0) is 14.1. The molecular formula is C14H22N2O3. The maximum Gasteiger partial charge on any atom is 0.236 e. The van der Waals surface area contributed by atoms with E-state index in [0.717, 1.165) is 11.3 Å². The molecule has 0 spiro atoms. The molecule has 0 heterocycles. The van der Waals surface area contributed by atoms with Crippen LogP contribution in [0.2, 0.25) is 0 Å². The first-order valence-electron chi connectivity index (χ1n) is 6.30. The lowest BCUT2D eigenvalue weighted by molar-refractivity contribution is -0.122. The summed E-state index contributed by atoms with van der Waals surface area (Å²) in [4.78, 5) is 11.7. The van der Waals surface area contributed by atoms with Crippen LogP contribution in [-0.2, 0) is 16.1 Å². The van der Waals surface area contributed by atoms with Crippen LogP contribution < -0.4 is 15.4 Å². The molecule has 19 heavy (non-hydrogen) atoms. The van der Waals surface area contributed by atoms with Crippen LogP contribution in [0.1, 0.15) is 12.5 Å². The third-order valence-corrected chi connectivity index (χ3v) is 2.77. The van der Waals surface area contributed by atoms with Crippen molar-refractivity contribution in [2.75, 3.05) is 27.4 Å². The fourth-order valence-electron chi connectivity index (χ4n) is 1.54. The normalized spacial score (nSPS) is 11.9. The van der Waals surface area contributed by atoms with Gasteiger partial charge < -0.3 is 20.1 Å². The molecule has 1 rings (SSSR count). The number of benzene rings is 1. The van der Waals surface area contributed by atoms with Crippen LogP contribution in [0.25, 0.3) is 0 Å². The Kier molecular flexibility index (Phi) is 6.92. The Morgan fingerprint density at radius 1 is 1.26 bits per heavy atom. The van der Waals surface area contributed by atoms with Crippen LogP contribution >= 0.6 is 0 Å². The fourth-order valence-corrected chi connectivity index (χ4v) is 1.54. The molecule has 0 saturated heterocycles. The van der Waals surface area contributed by atoms with Crippen molar-refractivity contribution in [1.82, 2.24) is 10.6 Å². The number of methoxy groups -OCH3 is 2. The van der Waals surface area contributed by atoms with Gasteiger partial charge in [-0.1, -0.05) is 12.1 Å². The van der Waals surface area contributed by atoms with Gasteiger partial charge in [0.1, 0.15) is 5.75 Å². The van der Waals surface area contributed by atoms with Crippen molar-refractivity contribution >= 4 is 5.91 Å². The predicted octanol–water partition coefficient (Wildman–Crippen LogP) is 0.936. The minimum absolute atomic E-state index is 0.0226. The summed E-state index contributed by atoms with van der Waals surface area (Å²) < 4.78 is 9.97. The molecule has 5 nitrogen and oxygen atoms in total. The molecule has 0 fully saturated rings. The van der Waals surface area contributed by atoms with Crippen LogP contribution in [0.15, 0.2) is 24.3 Å². The summed E-state index contributed by atoms with van der Waals surface area (Å²) in [5.41, 5.74) is 1.11. The van der Waals surface area contributed by atoms with E-state index in [9.17, 15) is 4.79 Å². The molecule has 0 aliphatic rings. The number of rotatable bonds is 8. The Bertz CT molecular complexity index is 379. The largest absolute Gasteiger partial charge is 0.497 e. The average Bonchev–Trinajstić information content (AvgIpc) is 2.45. The van der Waals surface area contributed by atoms with E-state index in [-0.39, 0.29) is 11.9 Å². The van der Waals surface area contributed by atoms with Crippen molar-refractivity contribution in [3.05, 3.63) is 29.8 Å². The zero-order valence-electron chi connectivity index (χ0n) is 11.7. The molecule has 1 atom stereocenters. The predicted molar refractivity (Wildman–Crippen MR) is 74.2 cm³/mol. The van der Waals surface area contributed by atoms with Gasteiger partial charge in [-0.05, 0) is 24.6 Å². The second-order valence-electron chi connectivity index (χ2n) is 4.23. The lowest BCUT2D eigenvalue weighted by atomic mass is 10.2. The number of carbonyl (C=O) groups excluding carboxylic acids is 1. The van der Waals surface area contributed by atoms with Crippen LogP contribution in [0, 0.1) is 0 Å². The van der Waals surface area contributed by atoms with Gasteiger partial charge in [0, 0.05) is 20.2 Å². The van der Waals surface area contributed by atoms with Gasteiger partial charge in [0.15, 0.2) is 0 Å². The molecule has 0 bridgehead atoms. The third-order valence-electron chi connectivity index (χ3n) is 2.77. The summed E-state index contributed by atoms with van der Waals surface area (Å²) >= 11 is 0. The van der Waals surface area contributed by atoms with E-state index < -0.39 is 0 Å². The van der Waals surface area contributed by atoms with Crippen LogP contribution in [0.5, 0.6) is 5.75 Å². The van der Waals surface area contributed by atoms with Crippen molar-refractivity contribution in [1.29, 1.82) is 0 Å². The lowest BCUT2D eigenvalue weighted by Crippen LogP contribution is -2.42. The summed E-state index contributed by atoms with van der Waals surface area (Å²) in [6.07, 6.45) is 0. The Morgan fingerprint density at radius 2 is 1.95 bits per heavy atom. The van der Waals surface area contributed by atoms with Gasteiger partial charge in [-0.15, -0.1) is 0 Å². The summed E-state index contributed by atoms with van der Waals surface area (Å²) in [7, 11) is 3.25. The average molecular weight is 266 g/mol. The van der Waals surface area contributed by atoms with Crippen molar-refractivity contribution < 1.29 is 14.3 Å². The Labute approximate surface area is 114 Å². The molecule has 1 aromatic carbocycles. The molecule has 1 amide bonds. The molecular weight excluding hydrogens is 244 g/mol. The van der Waals surface area contributed by atoms with Gasteiger partial charge in [-0.3, -0.25) is 4.79 Å². The first-order valence-corrected chi connectivity index (χ1v) is 6.30. The van der Waals surface area contributed by atoms with Crippen LogP contribution in [0.3, 0.4) is 0 Å². The van der Waals surface area contributed by atoms with Gasteiger partial charge in [-0.2, -0.15) is 0 Å². The Hall–Kier alpha value is -1.59. The van der Waals surface area contributed by atoms with Crippen molar-refractivity contribution in [2.45, 2.75) is 19.5 Å². The molecule has 5 heteroatoms. The summed E-state index contributed by atoms with van der Waals surface area (Å²) in [5, 5.41) is 5.96. The maximum absolute atomic E-state index is 11.7. The minimum atomic E-state index is -0.237. The highest BCUT2D eigenvalue weighted by atomic mass is 16.5. The summed E-state index contributed by atoms with van der Waals surface area (Å²) in [6.45, 7) is 3.54. The first-order chi connectivity index (χ1) is 9.17. The van der Waals surface area contributed by atoms with E-state index in [1.807, 2.05) is 31.2 Å². The number of hydrogen-bond acceptors (Lipinski definition) is 4. The molecule has 2 N–H and O–H groups in total. The molecule has 0 aliphatic heterocycles. The minimum Gasteiger partial charge on any atom is -0.497 e. The molecule has 0 aromatic heterocycles. The smallest absolute Gasteiger partial charge is 0.236 e. The van der Waals surface area contributed by atoms with E-state index in [2.05, 4.69) is 10.6 Å². The lowest BCUT2D eigenvalue weighted by Gasteiger charge is -2.14. The number of carbonyl (C=O) groups is 1. The molecule has 106 valence electrons. The number of ether oxygens (including phenoxy) is 2. The second kappa shape index (κ2) is 8.50. The van der Waals surface area contributed by atoms with E-state index in [4.69, 9.17) is 9.47 Å². The highest BCUT2D eigenvalue weighted by molar-refractivity contribution is 5.81. The number of hydrogen-bond donors (Lipinski definition) is 2. The SMILES string of the molecule is COCCNC(=O)C(C)NCc1ccc(OC)cc1. The van der Waals surface area contributed by atoms with E-state index in [1.54, 1.807) is 14.2 Å². The monoisotopic (exact) mass is 266 g/mol. The van der Waals surface area contributed by atoms with Gasteiger partial charge >= 0.3 is 0 Å².